The highest BCUT2D eigenvalue weighted by molar-refractivity contribution is 5.87. The van der Waals surface area contributed by atoms with E-state index >= 15 is 0 Å². The van der Waals surface area contributed by atoms with Crippen LogP contribution in [-0.2, 0) is 4.79 Å². The van der Waals surface area contributed by atoms with Gasteiger partial charge < -0.3 is 5.11 Å². The van der Waals surface area contributed by atoms with E-state index in [1.54, 1.807) is 13.0 Å². The fourth-order valence-corrected chi connectivity index (χ4v) is 4.80. The lowest BCUT2D eigenvalue weighted by Gasteiger charge is -2.57. The second-order valence-electron chi connectivity index (χ2n) is 7.37. The molecule has 20 heavy (non-hydrogen) atoms. The first-order valence-corrected chi connectivity index (χ1v) is 7.81. The number of aliphatic hydroxyl groups is 1. The number of hydrogen-bond donors (Lipinski definition) is 1. The molecule has 0 aromatic carbocycles. The standard InChI is InChI=1S/C18H28O2/c1-13-6-9-16-17(3,12-19)10-5-11-18(16,4)15(13)8-7-14(2)20/h7-8,15-16,19H,1,5-6,9-12H2,2-4H3/b8-7+/t15-,16?,17-,18+/m0/s1. The highest BCUT2D eigenvalue weighted by atomic mass is 16.3. The van der Waals surface area contributed by atoms with Crippen LogP contribution in [0.1, 0.15) is 52.9 Å². The number of rotatable bonds is 3. The van der Waals surface area contributed by atoms with Gasteiger partial charge in [0.2, 0.25) is 0 Å². The molecule has 2 rings (SSSR count). The minimum atomic E-state index is 0.0238. The summed E-state index contributed by atoms with van der Waals surface area (Å²) in [5, 5.41) is 9.88. The summed E-state index contributed by atoms with van der Waals surface area (Å²) in [5.74, 6) is 0.890. The van der Waals surface area contributed by atoms with E-state index in [2.05, 4.69) is 26.5 Å². The maximum absolute atomic E-state index is 11.3. The summed E-state index contributed by atoms with van der Waals surface area (Å²) >= 11 is 0. The molecule has 2 fully saturated rings. The first-order chi connectivity index (χ1) is 9.33. The fraction of sp³-hybridized carbons (Fsp3) is 0.722. The van der Waals surface area contributed by atoms with Crippen molar-refractivity contribution in [3.8, 4) is 0 Å². The van der Waals surface area contributed by atoms with Crippen molar-refractivity contribution in [2.24, 2.45) is 22.7 Å². The zero-order valence-corrected chi connectivity index (χ0v) is 13.1. The van der Waals surface area contributed by atoms with Gasteiger partial charge in [0.1, 0.15) is 0 Å². The minimum Gasteiger partial charge on any atom is -0.396 e. The van der Waals surface area contributed by atoms with Crippen LogP contribution >= 0.6 is 0 Å². The summed E-state index contributed by atoms with van der Waals surface area (Å²) in [7, 11) is 0. The average Bonchev–Trinajstić information content (AvgIpc) is 2.37. The van der Waals surface area contributed by atoms with Crippen molar-refractivity contribution >= 4 is 5.78 Å². The van der Waals surface area contributed by atoms with Crippen molar-refractivity contribution in [2.75, 3.05) is 6.61 Å². The molecule has 4 atom stereocenters. The van der Waals surface area contributed by atoms with Crippen molar-refractivity contribution < 1.29 is 9.90 Å². The SMILES string of the molecule is C=C1CCC2[C@](C)(CO)CCC[C@]2(C)[C@H]1/C=C/C(C)=O. The third-order valence-electron chi connectivity index (χ3n) is 5.89. The molecule has 2 aliphatic rings. The number of carbonyl (C=O) groups excluding carboxylic acids is 1. The smallest absolute Gasteiger partial charge is 0.152 e. The molecular weight excluding hydrogens is 248 g/mol. The van der Waals surface area contributed by atoms with Gasteiger partial charge in [0.15, 0.2) is 5.78 Å². The van der Waals surface area contributed by atoms with E-state index in [1.807, 2.05) is 0 Å². The zero-order chi connectivity index (χ0) is 15.0. The molecule has 0 aliphatic heterocycles. The third-order valence-corrected chi connectivity index (χ3v) is 5.89. The summed E-state index contributed by atoms with van der Waals surface area (Å²) in [6.45, 7) is 10.7. The summed E-state index contributed by atoms with van der Waals surface area (Å²) in [5.41, 5.74) is 1.41. The van der Waals surface area contributed by atoms with Crippen LogP contribution in [-0.4, -0.2) is 17.5 Å². The van der Waals surface area contributed by atoms with Crippen LogP contribution in [0.15, 0.2) is 24.3 Å². The normalized spacial score (nSPS) is 41.7. The highest BCUT2D eigenvalue weighted by Gasteiger charge is 2.53. The molecule has 0 saturated heterocycles. The van der Waals surface area contributed by atoms with Crippen LogP contribution in [0.4, 0.5) is 0 Å². The Morgan fingerprint density at radius 2 is 2.15 bits per heavy atom. The molecule has 2 heteroatoms. The molecule has 2 aliphatic carbocycles. The summed E-state index contributed by atoms with van der Waals surface area (Å²) < 4.78 is 0. The highest BCUT2D eigenvalue weighted by Crippen LogP contribution is 2.61. The van der Waals surface area contributed by atoms with E-state index in [0.717, 1.165) is 25.7 Å². The number of carbonyl (C=O) groups is 1. The summed E-state index contributed by atoms with van der Waals surface area (Å²) in [6, 6.07) is 0. The van der Waals surface area contributed by atoms with Gasteiger partial charge in [-0.15, -0.1) is 0 Å². The molecule has 0 aromatic rings. The van der Waals surface area contributed by atoms with Crippen molar-refractivity contribution in [3.05, 3.63) is 24.3 Å². The predicted molar refractivity (Wildman–Crippen MR) is 82.3 cm³/mol. The maximum Gasteiger partial charge on any atom is 0.152 e. The van der Waals surface area contributed by atoms with Gasteiger partial charge in [-0.25, -0.2) is 0 Å². The van der Waals surface area contributed by atoms with E-state index < -0.39 is 0 Å². The molecule has 2 nitrogen and oxygen atoms in total. The molecular formula is C18H28O2. The molecule has 0 amide bonds. The van der Waals surface area contributed by atoms with Gasteiger partial charge in [-0.3, -0.25) is 4.79 Å². The van der Waals surface area contributed by atoms with Gasteiger partial charge in [-0.1, -0.05) is 38.5 Å². The van der Waals surface area contributed by atoms with Gasteiger partial charge in [-0.05, 0) is 55.4 Å². The van der Waals surface area contributed by atoms with Gasteiger partial charge >= 0.3 is 0 Å². The third kappa shape index (κ3) is 2.50. The summed E-state index contributed by atoms with van der Waals surface area (Å²) in [6.07, 6.45) is 9.34. The van der Waals surface area contributed by atoms with Crippen LogP contribution in [0.25, 0.3) is 0 Å². The van der Waals surface area contributed by atoms with Gasteiger partial charge in [0.25, 0.3) is 0 Å². The van der Waals surface area contributed by atoms with Gasteiger partial charge in [-0.2, -0.15) is 0 Å². The largest absolute Gasteiger partial charge is 0.396 e. The Morgan fingerprint density at radius 1 is 1.45 bits per heavy atom. The van der Waals surface area contributed by atoms with E-state index in [0.29, 0.717) is 5.92 Å². The van der Waals surface area contributed by atoms with Crippen LogP contribution in [0.5, 0.6) is 0 Å². The van der Waals surface area contributed by atoms with Crippen molar-refractivity contribution in [1.82, 2.24) is 0 Å². The number of aliphatic hydroxyl groups excluding tert-OH is 1. The molecule has 112 valence electrons. The topological polar surface area (TPSA) is 37.3 Å². The van der Waals surface area contributed by atoms with E-state index in [9.17, 15) is 9.90 Å². The minimum absolute atomic E-state index is 0.0238. The van der Waals surface area contributed by atoms with Crippen LogP contribution < -0.4 is 0 Å². The van der Waals surface area contributed by atoms with Crippen LogP contribution in [0, 0.1) is 22.7 Å². The van der Waals surface area contributed by atoms with E-state index in [1.165, 1.54) is 12.0 Å². The Labute approximate surface area is 123 Å². The predicted octanol–water partition coefficient (Wildman–Crippen LogP) is 3.90. The lowest BCUT2D eigenvalue weighted by molar-refractivity contribution is -0.112. The number of ketones is 1. The molecule has 0 heterocycles. The van der Waals surface area contributed by atoms with Crippen molar-refractivity contribution in [2.45, 2.75) is 52.9 Å². The van der Waals surface area contributed by atoms with Crippen LogP contribution in [0.2, 0.25) is 0 Å². The van der Waals surface area contributed by atoms with Crippen molar-refractivity contribution in [1.29, 1.82) is 0 Å². The monoisotopic (exact) mass is 276 g/mol. The van der Waals surface area contributed by atoms with Crippen LogP contribution in [0.3, 0.4) is 0 Å². The second-order valence-corrected chi connectivity index (χ2v) is 7.37. The molecule has 0 aromatic heterocycles. The quantitative estimate of drug-likeness (QED) is 0.627. The Bertz CT molecular complexity index is 437. The van der Waals surface area contributed by atoms with E-state index in [-0.39, 0.29) is 29.1 Å². The molecule has 1 N–H and O–H groups in total. The van der Waals surface area contributed by atoms with Gasteiger partial charge in [0, 0.05) is 12.5 Å². The Morgan fingerprint density at radius 3 is 2.75 bits per heavy atom. The Hall–Kier alpha value is -0.890. The zero-order valence-electron chi connectivity index (χ0n) is 13.1. The first-order valence-electron chi connectivity index (χ1n) is 7.81. The Balaban J connectivity index is 2.36. The number of fused-ring (bicyclic) bond motifs is 1. The summed E-state index contributed by atoms with van der Waals surface area (Å²) in [4.78, 5) is 11.3. The first kappa shape index (κ1) is 15.5. The lowest BCUT2D eigenvalue weighted by atomic mass is 9.47. The second kappa shape index (κ2) is 5.48. The molecule has 0 radical (unpaired) electrons. The molecule has 0 bridgehead atoms. The van der Waals surface area contributed by atoms with Crippen molar-refractivity contribution in [3.63, 3.8) is 0 Å². The Kier molecular flexibility index (Phi) is 4.24. The maximum atomic E-state index is 11.3. The lowest BCUT2D eigenvalue weighted by Crippen LogP contribution is -2.51. The van der Waals surface area contributed by atoms with E-state index in [4.69, 9.17) is 0 Å². The number of allylic oxidation sites excluding steroid dienone is 3. The molecule has 2 saturated carbocycles. The van der Waals surface area contributed by atoms with Gasteiger partial charge in [0.05, 0.1) is 0 Å². The molecule has 0 spiro atoms. The average molecular weight is 276 g/mol. The fourth-order valence-electron chi connectivity index (χ4n) is 4.80. The molecule has 1 unspecified atom stereocenters. The number of hydrogen-bond acceptors (Lipinski definition) is 2.